The smallest absolute Gasteiger partial charge is 0.278 e. The summed E-state index contributed by atoms with van der Waals surface area (Å²) in [5.41, 5.74) is 10.2. The number of hydrogen-bond donors (Lipinski definition) is 3. The van der Waals surface area contributed by atoms with Gasteiger partial charge in [-0.05, 0) is 31.0 Å². The highest BCUT2D eigenvalue weighted by atomic mass is 16.2. The van der Waals surface area contributed by atoms with Crippen LogP contribution in [0.2, 0.25) is 0 Å². The number of amides is 1. The Morgan fingerprint density at radius 2 is 2.14 bits per heavy atom. The second-order valence-electron chi connectivity index (χ2n) is 5.17. The fourth-order valence-electron chi connectivity index (χ4n) is 2.19. The number of nitrogen functional groups attached to an aromatic ring is 1. The third-order valence-electron chi connectivity index (χ3n) is 3.40. The van der Waals surface area contributed by atoms with E-state index in [1.807, 2.05) is 51.0 Å². The summed E-state index contributed by atoms with van der Waals surface area (Å²) in [4.78, 5) is 14.2. The lowest BCUT2D eigenvalue weighted by Crippen LogP contribution is -2.16. The first-order chi connectivity index (χ1) is 9.93. The number of aromatic nitrogens is 2. The summed E-state index contributed by atoms with van der Waals surface area (Å²) < 4.78 is 0. The predicted molar refractivity (Wildman–Crippen MR) is 85.8 cm³/mol. The molecule has 0 saturated heterocycles. The Hall–Kier alpha value is -2.50. The van der Waals surface area contributed by atoms with Gasteiger partial charge in [-0.2, -0.15) is 5.10 Å². The van der Waals surface area contributed by atoms with Crippen LogP contribution in [0.3, 0.4) is 0 Å². The molecule has 0 aliphatic carbocycles. The minimum atomic E-state index is -0.308. The summed E-state index contributed by atoms with van der Waals surface area (Å²) in [6.07, 6.45) is 0.710. The minimum Gasteiger partial charge on any atom is -0.395 e. The molecule has 0 atom stereocenters. The minimum absolute atomic E-state index is 0.235. The van der Waals surface area contributed by atoms with E-state index in [1.165, 1.54) is 0 Å². The Kier molecular flexibility index (Phi) is 4.16. The molecule has 0 spiro atoms. The van der Waals surface area contributed by atoms with Crippen LogP contribution in [-0.4, -0.2) is 30.2 Å². The van der Waals surface area contributed by atoms with Crippen molar-refractivity contribution in [3.05, 3.63) is 35.2 Å². The molecule has 0 fully saturated rings. The lowest BCUT2D eigenvalue weighted by molar-refractivity contribution is 0.102. The number of hydrogen-bond acceptors (Lipinski definition) is 4. The highest BCUT2D eigenvalue weighted by molar-refractivity contribution is 6.06. The maximum atomic E-state index is 12.2. The van der Waals surface area contributed by atoms with E-state index in [0.29, 0.717) is 12.1 Å². The molecule has 1 aromatic carbocycles. The number of nitrogens with two attached hydrogens (primary N) is 1. The van der Waals surface area contributed by atoms with E-state index < -0.39 is 0 Å². The van der Waals surface area contributed by atoms with Crippen LogP contribution in [0.1, 0.15) is 28.7 Å². The number of benzene rings is 1. The van der Waals surface area contributed by atoms with E-state index in [2.05, 4.69) is 15.5 Å². The molecule has 0 radical (unpaired) electrons. The first kappa shape index (κ1) is 14.9. The number of rotatable bonds is 4. The second kappa shape index (κ2) is 5.87. The average Bonchev–Trinajstić information content (AvgIpc) is 2.81. The highest BCUT2D eigenvalue weighted by Crippen LogP contribution is 2.23. The topological polar surface area (TPSA) is 87.0 Å². The van der Waals surface area contributed by atoms with Gasteiger partial charge in [0.2, 0.25) is 0 Å². The first-order valence-electron chi connectivity index (χ1n) is 6.86. The van der Waals surface area contributed by atoms with Gasteiger partial charge in [-0.3, -0.25) is 9.89 Å². The molecule has 1 heterocycles. The number of aryl methyl sites for hydroxylation is 2. The predicted octanol–water partition coefficient (Wildman–Crippen LogP) is 2.18. The number of carbonyl (C=O) groups excluding carboxylic acids is 1. The van der Waals surface area contributed by atoms with Crippen molar-refractivity contribution in [2.24, 2.45) is 0 Å². The van der Waals surface area contributed by atoms with Crippen LogP contribution in [0.5, 0.6) is 0 Å². The van der Waals surface area contributed by atoms with Crippen molar-refractivity contribution in [1.82, 2.24) is 10.2 Å². The van der Waals surface area contributed by atoms with Crippen molar-refractivity contribution in [3.8, 4) is 0 Å². The Morgan fingerprint density at radius 1 is 1.43 bits per heavy atom. The number of H-pyrrole nitrogens is 1. The van der Waals surface area contributed by atoms with Gasteiger partial charge in [-0.15, -0.1) is 0 Å². The number of anilines is 3. The van der Waals surface area contributed by atoms with Crippen molar-refractivity contribution >= 4 is 23.0 Å². The monoisotopic (exact) mass is 287 g/mol. The quantitative estimate of drug-likeness (QED) is 0.804. The van der Waals surface area contributed by atoms with Crippen LogP contribution in [0, 0.1) is 6.92 Å². The Labute approximate surface area is 124 Å². The molecule has 1 aromatic heterocycles. The lowest BCUT2D eigenvalue weighted by atomic mass is 10.1. The molecule has 0 bridgehead atoms. The molecular weight excluding hydrogens is 266 g/mol. The SMILES string of the molecule is CCc1[nH]nc(C(=O)Nc2ccc(C)c(N(C)C)c2)c1N. The van der Waals surface area contributed by atoms with Gasteiger partial charge in [0.15, 0.2) is 5.69 Å². The molecule has 6 heteroatoms. The number of aromatic amines is 1. The third kappa shape index (κ3) is 2.99. The maximum Gasteiger partial charge on any atom is 0.278 e. The average molecular weight is 287 g/mol. The molecular formula is C15H21N5O. The van der Waals surface area contributed by atoms with E-state index in [-0.39, 0.29) is 11.6 Å². The van der Waals surface area contributed by atoms with Gasteiger partial charge in [0.25, 0.3) is 5.91 Å². The normalized spacial score (nSPS) is 10.5. The van der Waals surface area contributed by atoms with Crippen molar-refractivity contribution in [2.75, 3.05) is 30.0 Å². The van der Waals surface area contributed by atoms with E-state index in [1.54, 1.807) is 0 Å². The van der Waals surface area contributed by atoms with Crippen molar-refractivity contribution in [2.45, 2.75) is 20.3 Å². The standard InChI is InChI=1S/C15H21N5O/c1-5-11-13(16)14(19-18-11)15(21)17-10-7-6-9(2)12(8-10)20(3)4/h6-8H,5,16H2,1-4H3,(H,17,21)(H,18,19). The second-order valence-corrected chi connectivity index (χ2v) is 5.17. The maximum absolute atomic E-state index is 12.2. The number of carbonyl (C=O) groups is 1. The zero-order valence-corrected chi connectivity index (χ0v) is 12.8. The van der Waals surface area contributed by atoms with Gasteiger partial charge in [0.1, 0.15) is 0 Å². The number of nitrogens with one attached hydrogen (secondary N) is 2. The van der Waals surface area contributed by atoms with Crippen LogP contribution in [-0.2, 0) is 6.42 Å². The van der Waals surface area contributed by atoms with Crippen LogP contribution in [0.25, 0.3) is 0 Å². The van der Waals surface area contributed by atoms with Crippen molar-refractivity contribution in [3.63, 3.8) is 0 Å². The summed E-state index contributed by atoms with van der Waals surface area (Å²) >= 11 is 0. The van der Waals surface area contributed by atoms with E-state index >= 15 is 0 Å². The molecule has 6 nitrogen and oxygen atoms in total. The Morgan fingerprint density at radius 3 is 2.71 bits per heavy atom. The van der Waals surface area contributed by atoms with E-state index in [0.717, 1.165) is 22.6 Å². The molecule has 0 saturated carbocycles. The first-order valence-corrected chi connectivity index (χ1v) is 6.86. The van der Waals surface area contributed by atoms with Crippen LogP contribution in [0.15, 0.2) is 18.2 Å². The van der Waals surface area contributed by atoms with Crippen LogP contribution < -0.4 is 16.0 Å². The van der Waals surface area contributed by atoms with Gasteiger partial charge in [0, 0.05) is 25.5 Å². The molecule has 1 amide bonds. The molecule has 2 aromatic rings. The van der Waals surface area contributed by atoms with Gasteiger partial charge < -0.3 is 16.0 Å². The van der Waals surface area contributed by atoms with Crippen molar-refractivity contribution in [1.29, 1.82) is 0 Å². The highest BCUT2D eigenvalue weighted by Gasteiger charge is 2.16. The molecule has 112 valence electrons. The molecule has 21 heavy (non-hydrogen) atoms. The zero-order valence-electron chi connectivity index (χ0n) is 12.8. The summed E-state index contributed by atoms with van der Waals surface area (Å²) in [6, 6.07) is 5.76. The molecule has 4 N–H and O–H groups in total. The fraction of sp³-hybridized carbons (Fsp3) is 0.333. The zero-order chi connectivity index (χ0) is 15.6. The lowest BCUT2D eigenvalue weighted by Gasteiger charge is -2.17. The molecule has 2 rings (SSSR count). The molecule has 0 aliphatic heterocycles. The van der Waals surface area contributed by atoms with Crippen molar-refractivity contribution < 1.29 is 4.79 Å². The van der Waals surface area contributed by atoms with Crippen LogP contribution in [0.4, 0.5) is 17.1 Å². The summed E-state index contributed by atoms with van der Waals surface area (Å²) in [5.74, 6) is -0.308. The van der Waals surface area contributed by atoms with Gasteiger partial charge in [-0.1, -0.05) is 13.0 Å². The summed E-state index contributed by atoms with van der Waals surface area (Å²) in [5, 5.41) is 9.60. The molecule has 0 aliphatic rings. The van der Waals surface area contributed by atoms with Gasteiger partial charge in [0.05, 0.1) is 11.4 Å². The van der Waals surface area contributed by atoms with E-state index in [9.17, 15) is 4.79 Å². The van der Waals surface area contributed by atoms with Crippen LogP contribution >= 0.6 is 0 Å². The third-order valence-corrected chi connectivity index (χ3v) is 3.40. The van der Waals surface area contributed by atoms with E-state index in [4.69, 9.17) is 5.73 Å². The Bertz CT molecular complexity index is 660. The fourth-order valence-corrected chi connectivity index (χ4v) is 2.19. The van der Waals surface area contributed by atoms with Gasteiger partial charge >= 0.3 is 0 Å². The molecule has 0 unspecified atom stereocenters. The number of nitrogens with zero attached hydrogens (tertiary/aromatic N) is 2. The summed E-state index contributed by atoms with van der Waals surface area (Å²) in [7, 11) is 3.93. The largest absolute Gasteiger partial charge is 0.395 e. The summed E-state index contributed by atoms with van der Waals surface area (Å²) in [6.45, 7) is 3.98. The Balaban J connectivity index is 2.23. The van der Waals surface area contributed by atoms with Gasteiger partial charge in [-0.25, -0.2) is 0 Å².